The molecule has 1 aliphatic rings. The molecule has 1 aromatic rings. The summed E-state index contributed by atoms with van der Waals surface area (Å²) in [5, 5.41) is 12.4. The average Bonchev–Trinajstić information content (AvgIpc) is 2.49. The fraction of sp³-hybridized carbons (Fsp3) is 0.500. The molecule has 0 heterocycles. The lowest BCUT2D eigenvalue weighted by atomic mass is 9.93. The highest BCUT2D eigenvalue weighted by atomic mass is 16.3. The third kappa shape index (κ3) is 4.56. The minimum atomic E-state index is -0.236. The van der Waals surface area contributed by atoms with Crippen molar-refractivity contribution in [3.63, 3.8) is 0 Å². The van der Waals surface area contributed by atoms with E-state index in [1.807, 2.05) is 6.07 Å². The maximum atomic E-state index is 12.1. The van der Waals surface area contributed by atoms with E-state index in [9.17, 15) is 14.7 Å². The molecule has 0 atom stereocenters. The van der Waals surface area contributed by atoms with Crippen LogP contribution in [0.5, 0.6) is 0 Å². The van der Waals surface area contributed by atoms with Crippen molar-refractivity contribution in [2.45, 2.75) is 37.8 Å². The summed E-state index contributed by atoms with van der Waals surface area (Å²) in [5.41, 5.74) is 0.577. The molecule has 1 fully saturated rings. The zero-order valence-electron chi connectivity index (χ0n) is 12.3. The van der Waals surface area contributed by atoms with Gasteiger partial charge in [-0.25, -0.2) is 0 Å². The number of amides is 2. The first kappa shape index (κ1) is 15.5. The van der Waals surface area contributed by atoms with Gasteiger partial charge in [-0.1, -0.05) is 18.2 Å². The quantitative estimate of drug-likeness (QED) is 0.875. The molecule has 0 saturated heterocycles. The Bertz CT molecular complexity index is 482. The number of hydrogen-bond acceptors (Lipinski definition) is 3. The number of aliphatic hydroxyl groups excluding tert-OH is 1. The van der Waals surface area contributed by atoms with E-state index in [1.165, 1.54) is 4.90 Å². The smallest absolute Gasteiger partial charge is 0.254 e. The molecule has 0 radical (unpaired) electrons. The Labute approximate surface area is 125 Å². The molecule has 1 aromatic carbocycles. The van der Waals surface area contributed by atoms with Gasteiger partial charge in [0.15, 0.2) is 0 Å². The van der Waals surface area contributed by atoms with Crippen LogP contribution in [-0.2, 0) is 4.79 Å². The molecule has 1 aliphatic carbocycles. The van der Waals surface area contributed by atoms with Crippen LogP contribution in [0.1, 0.15) is 36.0 Å². The van der Waals surface area contributed by atoms with E-state index >= 15 is 0 Å². The van der Waals surface area contributed by atoms with Crippen LogP contribution in [0.15, 0.2) is 30.3 Å². The summed E-state index contributed by atoms with van der Waals surface area (Å²) in [5.74, 6) is -0.312. The summed E-state index contributed by atoms with van der Waals surface area (Å²) in [7, 11) is 1.62. The summed E-state index contributed by atoms with van der Waals surface area (Å²) in [6, 6.07) is 9.03. The largest absolute Gasteiger partial charge is 0.393 e. The first-order valence-corrected chi connectivity index (χ1v) is 7.34. The molecular formula is C16H22N2O3. The third-order valence-corrected chi connectivity index (χ3v) is 3.81. The molecule has 2 rings (SSSR count). The Hall–Kier alpha value is -1.88. The molecule has 5 nitrogen and oxygen atoms in total. The Morgan fingerprint density at radius 2 is 1.81 bits per heavy atom. The summed E-state index contributed by atoms with van der Waals surface area (Å²) >= 11 is 0. The zero-order valence-corrected chi connectivity index (χ0v) is 12.3. The van der Waals surface area contributed by atoms with E-state index in [2.05, 4.69) is 5.32 Å². The van der Waals surface area contributed by atoms with Crippen LogP contribution >= 0.6 is 0 Å². The van der Waals surface area contributed by atoms with Crippen molar-refractivity contribution in [1.29, 1.82) is 0 Å². The topological polar surface area (TPSA) is 69.6 Å². The molecule has 0 aliphatic heterocycles. The predicted molar refractivity (Wildman–Crippen MR) is 79.8 cm³/mol. The second kappa shape index (κ2) is 7.22. The Balaban J connectivity index is 1.81. The lowest BCUT2D eigenvalue weighted by molar-refractivity contribution is -0.122. The molecule has 114 valence electrons. The number of nitrogens with zero attached hydrogens (tertiary/aromatic N) is 1. The highest BCUT2D eigenvalue weighted by Gasteiger charge is 2.22. The van der Waals surface area contributed by atoms with Crippen LogP contribution in [0.3, 0.4) is 0 Å². The Kier molecular flexibility index (Phi) is 5.33. The average molecular weight is 290 g/mol. The fourth-order valence-corrected chi connectivity index (χ4v) is 2.58. The van der Waals surface area contributed by atoms with Crippen molar-refractivity contribution in [1.82, 2.24) is 10.2 Å². The lowest BCUT2D eigenvalue weighted by Gasteiger charge is -2.27. The van der Waals surface area contributed by atoms with Gasteiger partial charge in [-0.2, -0.15) is 0 Å². The number of rotatable bonds is 4. The highest BCUT2D eigenvalue weighted by Crippen LogP contribution is 2.18. The molecule has 0 bridgehead atoms. The second-order valence-electron chi connectivity index (χ2n) is 5.60. The molecule has 21 heavy (non-hydrogen) atoms. The van der Waals surface area contributed by atoms with Gasteiger partial charge in [0.1, 0.15) is 0 Å². The van der Waals surface area contributed by atoms with Crippen LogP contribution in [0, 0.1) is 0 Å². The summed E-state index contributed by atoms with van der Waals surface area (Å²) < 4.78 is 0. The van der Waals surface area contributed by atoms with Gasteiger partial charge in [-0.15, -0.1) is 0 Å². The van der Waals surface area contributed by atoms with Crippen molar-refractivity contribution in [2.75, 3.05) is 13.6 Å². The number of likely N-dealkylation sites (N-methyl/N-ethyl adjacent to an activating group) is 1. The summed E-state index contributed by atoms with van der Waals surface area (Å²) in [4.78, 5) is 25.5. The van der Waals surface area contributed by atoms with Gasteiger partial charge in [-0.05, 0) is 37.8 Å². The normalized spacial score (nSPS) is 21.6. The molecule has 2 amide bonds. The van der Waals surface area contributed by atoms with Gasteiger partial charge < -0.3 is 15.3 Å². The maximum absolute atomic E-state index is 12.1. The van der Waals surface area contributed by atoms with Crippen LogP contribution in [0.2, 0.25) is 0 Å². The van der Waals surface area contributed by atoms with E-state index in [-0.39, 0.29) is 30.5 Å². The van der Waals surface area contributed by atoms with Crippen molar-refractivity contribution in [3.05, 3.63) is 35.9 Å². The number of hydrogen-bond donors (Lipinski definition) is 2. The van der Waals surface area contributed by atoms with Crippen LogP contribution in [0.4, 0.5) is 0 Å². The SMILES string of the molecule is CN(CC(=O)NC1CCC(O)CC1)C(=O)c1ccccc1. The zero-order chi connectivity index (χ0) is 15.2. The van der Waals surface area contributed by atoms with Gasteiger partial charge in [0.05, 0.1) is 12.6 Å². The van der Waals surface area contributed by atoms with Gasteiger partial charge in [-0.3, -0.25) is 9.59 Å². The fourth-order valence-electron chi connectivity index (χ4n) is 2.58. The molecular weight excluding hydrogens is 268 g/mol. The summed E-state index contributed by atoms with van der Waals surface area (Å²) in [6.07, 6.45) is 2.81. The van der Waals surface area contributed by atoms with Crippen molar-refractivity contribution in [3.8, 4) is 0 Å². The van der Waals surface area contributed by atoms with E-state index in [1.54, 1.807) is 31.3 Å². The number of benzene rings is 1. The van der Waals surface area contributed by atoms with E-state index in [4.69, 9.17) is 0 Å². The number of aliphatic hydroxyl groups is 1. The monoisotopic (exact) mass is 290 g/mol. The van der Waals surface area contributed by atoms with Gasteiger partial charge in [0.2, 0.25) is 5.91 Å². The maximum Gasteiger partial charge on any atom is 0.254 e. The minimum Gasteiger partial charge on any atom is -0.393 e. The van der Waals surface area contributed by atoms with E-state index < -0.39 is 0 Å². The third-order valence-electron chi connectivity index (χ3n) is 3.81. The van der Waals surface area contributed by atoms with Crippen molar-refractivity contribution in [2.24, 2.45) is 0 Å². The first-order valence-electron chi connectivity index (χ1n) is 7.34. The molecule has 2 N–H and O–H groups in total. The summed E-state index contributed by atoms with van der Waals surface area (Å²) in [6.45, 7) is 0.0484. The molecule has 0 unspecified atom stereocenters. The van der Waals surface area contributed by atoms with Gasteiger partial charge in [0, 0.05) is 18.7 Å². The number of carbonyl (C=O) groups excluding carboxylic acids is 2. The van der Waals surface area contributed by atoms with Crippen LogP contribution in [-0.4, -0.2) is 47.6 Å². The number of nitrogens with one attached hydrogen (secondary N) is 1. The van der Waals surface area contributed by atoms with Gasteiger partial charge >= 0.3 is 0 Å². The molecule has 5 heteroatoms. The highest BCUT2D eigenvalue weighted by molar-refractivity contribution is 5.96. The van der Waals surface area contributed by atoms with Crippen LogP contribution < -0.4 is 5.32 Å². The van der Waals surface area contributed by atoms with Gasteiger partial charge in [0.25, 0.3) is 5.91 Å². The standard InChI is InChI=1S/C16H22N2O3/c1-18(16(21)12-5-3-2-4-6-12)11-15(20)17-13-7-9-14(19)10-8-13/h2-6,13-14,19H,7-11H2,1H3,(H,17,20). The molecule has 0 aromatic heterocycles. The van der Waals surface area contributed by atoms with Crippen molar-refractivity contribution < 1.29 is 14.7 Å². The van der Waals surface area contributed by atoms with E-state index in [0.717, 1.165) is 25.7 Å². The Morgan fingerprint density at radius 3 is 2.43 bits per heavy atom. The predicted octanol–water partition coefficient (Wildman–Crippen LogP) is 1.18. The lowest BCUT2D eigenvalue weighted by Crippen LogP contribution is -2.44. The molecule has 0 spiro atoms. The second-order valence-corrected chi connectivity index (χ2v) is 5.60. The molecule has 1 saturated carbocycles. The van der Waals surface area contributed by atoms with Crippen molar-refractivity contribution >= 4 is 11.8 Å². The first-order chi connectivity index (χ1) is 10.1. The van der Waals surface area contributed by atoms with Crippen LogP contribution in [0.25, 0.3) is 0 Å². The Morgan fingerprint density at radius 1 is 1.19 bits per heavy atom. The van der Waals surface area contributed by atoms with E-state index in [0.29, 0.717) is 5.56 Å². The number of carbonyl (C=O) groups is 2. The minimum absolute atomic E-state index is 0.0484.